The molecule has 1 saturated carbocycles. The average molecular weight is 467 g/mol. The second-order valence-electron chi connectivity index (χ2n) is 10.9. The first-order valence-corrected chi connectivity index (χ1v) is 14.3. The SMILES string of the molecule is CCCCCC(CCC)C(CCCCCCCCC(C)C)OC(=O)C1CCCCC1C(=O)O. The number of hydrogen-bond donors (Lipinski definition) is 1. The second-order valence-corrected chi connectivity index (χ2v) is 10.9. The van der Waals surface area contributed by atoms with Crippen molar-refractivity contribution in [3.05, 3.63) is 0 Å². The van der Waals surface area contributed by atoms with E-state index in [-0.39, 0.29) is 12.1 Å². The van der Waals surface area contributed by atoms with Crippen LogP contribution < -0.4 is 0 Å². The van der Waals surface area contributed by atoms with Gasteiger partial charge in [0.05, 0.1) is 11.8 Å². The molecule has 4 nitrogen and oxygen atoms in total. The van der Waals surface area contributed by atoms with Crippen molar-refractivity contribution in [2.45, 2.75) is 149 Å². The fourth-order valence-electron chi connectivity index (χ4n) is 5.48. The molecule has 1 aliphatic carbocycles. The first-order valence-electron chi connectivity index (χ1n) is 14.3. The van der Waals surface area contributed by atoms with Gasteiger partial charge < -0.3 is 9.84 Å². The molecule has 0 bridgehead atoms. The summed E-state index contributed by atoms with van der Waals surface area (Å²) in [5.74, 6) is -0.895. The summed E-state index contributed by atoms with van der Waals surface area (Å²) in [5.41, 5.74) is 0. The summed E-state index contributed by atoms with van der Waals surface area (Å²) in [6.45, 7) is 9.02. The summed E-state index contributed by atoms with van der Waals surface area (Å²) in [6.07, 6.45) is 19.7. The predicted octanol–water partition coefficient (Wildman–Crippen LogP) is 8.56. The molecule has 4 heteroatoms. The lowest BCUT2D eigenvalue weighted by molar-refractivity contribution is -0.166. The Kier molecular flexibility index (Phi) is 16.6. The number of carbonyl (C=O) groups excluding carboxylic acids is 1. The van der Waals surface area contributed by atoms with Crippen molar-refractivity contribution in [1.29, 1.82) is 0 Å². The van der Waals surface area contributed by atoms with Crippen LogP contribution in [0, 0.1) is 23.7 Å². The van der Waals surface area contributed by atoms with Gasteiger partial charge in [0.25, 0.3) is 0 Å². The number of esters is 1. The van der Waals surface area contributed by atoms with E-state index in [4.69, 9.17) is 4.74 Å². The van der Waals surface area contributed by atoms with Crippen LogP contribution in [-0.2, 0) is 14.3 Å². The molecule has 1 fully saturated rings. The zero-order valence-corrected chi connectivity index (χ0v) is 22.3. The molecule has 4 unspecified atom stereocenters. The molecule has 0 spiro atoms. The third-order valence-corrected chi connectivity index (χ3v) is 7.54. The molecule has 0 aromatic rings. The quantitative estimate of drug-likeness (QED) is 0.153. The second kappa shape index (κ2) is 18.3. The van der Waals surface area contributed by atoms with Crippen molar-refractivity contribution in [3.63, 3.8) is 0 Å². The molecule has 0 aromatic heterocycles. The highest BCUT2D eigenvalue weighted by Crippen LogP contribution is 2.33. The van der Waals surface area contributed by atoms with Crippen molar-refractivity contribution in [1.82, 2.24) is 0 Å². The Labute approximate surface area is 204 Å². The fourth-order valence-corrected chi connectivity index (χ4v) is 5.48. The van der Waals surface area contributed by atoms with Crippen LogP contribution in [0.15, 0.2) is 0 Å². The highest BCUT2D eigenvalue weighted by atomic mass is 16.5. The summed E-state index contributed by atoms with van der Waals surface area (Å²) in [4.78, 5) is 24.9. The molecule has 0 heterocycles. The van der Waals surface area contributed by atoms with Gasteiger partial charge in [-0.3, -0.25) is 9.59 Å². The summed E-state index contributed by atoms with van der Waals surface area (Å²) in [6, 6.07) is 0. The number of carboxylic acid groups (broad SMARTS) is 1. The van der Waals surface area contributed by atoms with Crippen LogP contribution in [0.2, 0.25) is 0 Å². The van der Waals surface area contributed by atoms with E-state index in [9.17, 15) is 14.7 Å². The van der Waals surface area contributed by atoms with Gasteiger partial charge in [-0.1, -0.05) is 105 Å². The Morgan fingerprint density at radius 3 is 1.91 bits per heavy atom. The van der Waals surface area contributed by atoms with Gasteiger partial charge in [-0.2, -0.15) is 0 Å². The Morgan fingerprint density at radius 2 is 1.33 bits per heavy atom. The molecular formula is C29H54O4. The molecule has 0 aliphatic heterocycles. The highest BCUT2D eigenvalue weighted by molar-refractivity contribution is 5.81. The fraction of sp³-hybridized carbons (Fsp3) is 0.931. The zero-order valence-electron chi connectivity index (χ0n) is 22.3. The first kappa shape index (κ1) is 30.0. The number of carboxylic acids is 1. The molecule has 1 rings (SSSR count). The van der Waals surface area contributed by atoms with E-state index in [1.54, 1.807) is 0 Å². The molecule has 0 amide bonds. The lowest BCUT2D eigenvalue weighted by Gasteiger charge is -2.32. The molecule has 194 valence electrons. The van der Waals surface area contributed by atoms with E-state index in [2.05, 4.69) is 27.7 Å². The van der Waals surface area contributed by atoms with E-state index in [0.29, 0.717) is 18.8 Å². The minimum absolute atomic E-state index is 0.0494. The van der Waals surface area contributed by atoms with Gasteiger partial charge in [0.2, 0.25) is 0 Å². The number of unbranched alkanes of at least 4 members (excludes halogenated alkanes) is 7. The van der Waals surface area contributed by atoms with Crippen LogP contribution in [-0.4, -0.2) is 23.1 Å². The summed E-state index contributed by atoms with van der Waals surface area (Å²) < 4.78 is 6.18. The van der Waals surface area contributed by atoms with E-state index < -0.39 is 17.8 Å². The van der Waals surface area contributed by atoms with Crippen molar-refractivity contribution in [2.24, 2.45) is 23.7 Å². The molecule has 1 aliphatic rings. The van der Waals surface area contributed by atoms with E-state index >= 15 is 0 Å². The minimum Gasteiger partial charge on any atom is -0.481 e. The number of aliphatic carboxylic acids is 1. The minimum atomic E-state index is -0.835. The predicted molar refractivity (Wildman–Crippen MR) is 137 cm³/mol. The van der Waals surface area contributed by atoms with Gasteiger partial charge in [0, 0.05) is 0 Å². The maximum Gasteiger partial charge on any atom is 0.310 e. The summed E-state index contributed by atoms with van der Waals surface area (Å²) >= 11 is 0. The van der Waals surface area contributed by atoms with Gasteiger partial charge in [-0.25, -0.2) is 0 Å². The monoisotopic (exact) mass is 466 g/mol. The van der Waals surface area contributed by atoms with Gasteiger partial charge in [0.15, 0.2) is 0 Å². The standard InChI is InChI=1S/C29H54O4/c1-5-7-12-19-24(17-6-2)27(22-14-11-9-8-10-13-18-23(3)4)33-29(32)26-21-16-15-20-25(26)28(30)31/h23-27H,5-22H2,1-4H3,(H,30,31). The van der Waals surface area contributed by atoms with Crippen molar-refractivity contribution >= 4 is 11.9 Å². The zero-order chi connectivity index (χ0) is 24.5. The van der Waals surface area contributed by atoms with Crippen LogP contribution in [0.4, 0.5) is 0 Å². The molecule has 0 radical (unpaired) electrons. The third kappa shape index (κ3) is 12.8. The van der Waals surface area contributed by atoms with Crippen molar-refractivity contribution < 1.29 is 19.4 Å². The average Bonchev–Trinajstić information content (AvgIpc) is 2.79. The Morgan fingerprint density at radius 1 is 0.758 bits per heavy atom. The maximum atomic E-state index is 13.1. The molecule has 33 heavy (non-hydrogen) atoms. The number of ether oxygens (including phenoxy) is 1. The van der Waals surface area contributed by atoms with Crippen LogP contribution in [0.3, 0.4) is 0 Å². The van der Waals surface area contributed by atoms with Crippen molar-refractivity contribution in [2.75, 3.05) is 0 Å². The number of carbonyl (C=O) groups is 2. The van der Waals surface area contributed by atoms with Crippen LogP contribution in [0.25, 0.3) is 0 Å². The number of hydrogen-bond acceptors (Lipinski definition) is 3. The van der Waals surface area contributed by atoms with Crippen LogP contribution in [0.5, 0.6) is 0 Å². The lowest BCUT2D eigenvalue weighted by atomic mass is 9.79. The van der Waals surface area contributed by atoms with E-state index in [1.165, 1.54) is 57.8 Å². The van der Waals surface area contributed by atoms with E-state index in [1.807, 2.05) is 0 Å². The highest BCUT2D eigenvalue weighted by Gasteiger charge is 2.38. The molecule has 1 N–H and O–H groups in total. The molecule has 0 saturated heterocycles. The van der Waals surface area contributed by atoms with Crippen LogP contribution >= 0.6 is 0 Å². The first-order chi connectivity index (χ1) is 15.9. The van der Waals surface area contributed by atoms with Crippen LogP contribution in [0.1, 0.15) is 143 Å². The molecule has 4 atom stereocenters. The summed E-state index contributed by atoms with van der Waals surface area (Å²) in [5, 5.41) is 9.61. The Hall–Kier alpha value is -1.06. The Balaban J connectivity index is 2.65. The topological polar surface area (TPSA) is 63.6 Å². The van der Waals surface area contributed by atoms with Gasteiger partial charge >= 0.3 is 11.9 Å². The van der Waals surface area contributed by atoms with Gasteiger partial charge in [0.1, 0.15) is 6.10 Å². The smallest absolute Gasteiger partial charge is 0.310 e. The Bertz CT molecular complexity index is 516. The van der Waals surface area contributed by atoms with Gasteiger partial charge in [-0.15, -0.1) is 0 Å². The van der Waals surface area contributed by atoms with Gasteiger partial charge in [-0.05, 0) is 50.4 Å². The summed E-state index contributed by atoms with van der Waals surface area (Å²) in [7, 11) is 0. The maximum absolute atomic E-state index is 13.1. The largest absolute Gasteiger partial charge is 0.481 e. The van der Waals surface area contributed by atoms with E-state index in [0.717, 1.165) is 50.9 Å². The number of rotatable bonds is 19. The molecular weight excluding hydrogens is 412 g/mol. The molecule has 0 aromatic carbocycles. The van der Waals surface area contributed by atoms with Crippen molar-refractivity contribution in [3.8, 4) is 0 Å². The normalized spacial score (nSPS) is 20.5. The third-order valence-electron chi connectivity index (χ3n) is 7.54. The lowest BCUT2D eigenvalue weighted by Crippen LogP contribution is -2.37.